The molecule has 0 saturated heterocycles. The molecule has 0 atom stereocenters. The first kappa shape index (κ1) is 13.9. The smallest absolute Gasteiger partial charge is 0.158 e. The van der Waals surface area contributed by atoms with Gasteiger partial charge in [-0.3, -0.25) is 0 Å². The van der Waals surface area contributed by atoms with Crippen LogP contribution in [0, 0.1) is 0 Å². The molecule has 0 unspecified atom stereocenters. The van der Waals surface area contributed by atoms with E-state index < -0.39 is 0 Å². The number of nitrogens with zero attached hydrogens (tertiary/aromatic N) is 3. The number of hydrazine groups is 1. The minimum atomic E-state index is 0.704. The van der Waals surface area contributed by atoms with E-state index in [0.717, 1.165) is 41.3 Å². The van der Waals surface area contributed by atoms with Crippen LogP contribution < -0.4 is 11.3 Å². The zero-order valence-corrected chi connectivity index (χ0v) is 12.4. The number of nitrogen functional groups attached to an aromatic ring is 1. The Hall–Kier alpha value is -2.11. The second-order valence-electron chi connectivity index (χ2n) is 4.83. The number of halogens is 1. The molecule has 0 radical (unpaired) electrons. The van der Waals surface area contributed by atoms with Gasteiger partial charge in [-0.2, -0.15) is 9.61 Å². The summed E-state index contributed by atoms with van der Waals surface area (Å²) in [4.78, 5) is 4.62. The molecule has 108 valence electrons. The van der Waals surface area contributed by atoms with Crippen molar-refractivity contribution in [2.24, 2.45) is 5.84 Å². The van der Waals surface area contributed by atoms with Crippen molar-refractivity contribution in [3.8, 4) is 11.3 Å². The molecule has 6 heteroatoms. The summed E-state index contributed by atoms with van der Waals surface area (Å²) in [5.41, 5.74) is 6.29. The van der Waals surface area contributed by atoms with Gasteiger partial charge in [0.1, 0.15) is 5.82 Å². The second kappa shape index (κ2) is 5.71. The molecule has 2 heterocycles. The van der Waals surface area contributed by atoms with E-state index in [0.29, 0.717) is 5.02 Å². The highest BCUT2D eigenvalue weighted by molar-refractivity contribution is 6.30. The maximum atomic E-state index is 5.92. The van der Waals surface area contributed by atoms with E-state index in [1.807, 2.05) is 36.4 Å². The molecule has 0 bridgehead atoms. The zero-order chi connectivity index (χ0) is 14.8. The van der Waals surface area contributed by atoms with E-state index in [2.05, 4.69) is 22.4 Å². The molecular weight excluding hydrogens is 286 g/mol. The molecule has 1 aromatic carbocycles. The van der Waals surface area contributed by atoms with Crippen molar-refractivity contribution in [2.45, 2.75) is 19.8 Å². The summed E-state index contributed by atoms with van der Waals surface area (Å²) < 4.78 is 1.71. The Balaban J connectivity index is 2.12. The molecule has 3 aromatic rings. The lowest BCUT2D eigenvalue weighted by Crippen LogP contribution is -2.13. The number of aryl methyl sites for hydroxylation is 1. The van der Waals surface area contributed by atoms with Crippen LogP contribution in [0.3, 0.4) is 0 Å². The largest absolute Gasteiger partial charge is 0.308 e. The Morgan fingerprint density at radius 3 is 2.67 bits per heavy atom. The third-order valence-corrected chi connectivity index (χ3v) is 3.53. The van der Waals surface area contributed by atoms with Crippen LogP contribution in [0.5, 0.6) is 0 Å². The lowest BCUT2D eigenvalue weighted by atomic mass is 10.1. The normalized spacial score (nSPS) is 11.0. The topological polar surface area (TPSA) is 68.2 Å². The molecule has 0 aliphatic heterocycles. The van der Waals surface area contributed by atoms with Crippen LogP contribution in [0.2, 0.25) is 5.02 Å². The van der Waals surface area contributed by atoms with Gasteiger partial charge in [0, 0.05) is 28.4 Å². The average Bonchev–Trinajstić information content (AvgIpc) is 2.91. The van der Waals surface area contributed by atoms with Crippen molar-refractivity contribution in [2.75, 3.05) is 5.43 Å². The lowest BCUT2D eigenvalue weighted by Gasteiger charge is -2.05. The predicted molar refractivity (Wildman–Crippen MR) is 85.2 cm³/mol. The molecular formula is C15H16ClN5. The fourth-order valence-electron chi connectivity index (χ4n) is 2.28. The van der Waals surface area contributed by atoms with Crippen molar-refractivity contribution in [3.05, 3.63) is 47.1 Å². The van der Waals surface area contributed by atoms with Gasteiger partial charge in [0.05, 0.1) is 5.69 Å². The minimum Gasteiger partial charge on any atom is -0.308 e. The number of hydrogen-bond acceptors (Lipinski definition) is 4. The first-order chi connectivity index (χ1) is 10.2. The van der Waals surface area contributed by atoms with E-state index in [1.54, 1.807) is 4.52 Å². The zero-order valence-electron chi connectivity index (χ0n) is 11.7. The quantitative estimate of drug-likeness (QED) is 0.573. The van der Waals surface area contributed by atoms with Crippen LogP contribution in [-0.2, 0) is 6.42 Å². The van der Waals surface area contributed by atoms with Gasteiger partial charge in [-0.1, -0.05) is 37.1 Å². The average molecular weight is 302 g/mol. The number of fused-ring (bicyclic) bond motifs is 1. The van der Waals surface area contributed by atoms with Crippen LogP contribution in [0.4, 0.5) is 5.82 Å². The van der Waals surface area contributed by atoms with Crippen LogP contribution >= 0.6 is 11.6 Å². The van der Waals surface area contributed by atoms with Gasteiger partial charge in [-0.15, -0.1) is 0 Å². The van der Waals surface area contributed by atoms with Gasteiger partial charge in [0.25, 0.3) is 0 Å². The summed E-state index contributed by atoms with van der Waals surface area (Å²) >= 11 is 5.92. The predicted octanol–water partition coefficient (Wildman–Crippen LogP) is 3.29. The maximum absolute atomic E-state index is 5.92. The third kappa shape index (κ3) is 2.70. The molecule has 0 aliphatic rings. The summed E-state index contributed by atoms with van der Waals surface area (Å²) in [6, 6.07) is 11.4. The Labute approximate surface area is 127 Å². The highest BCUT2D eigenvalue weighted by Crippen LogP contribution is 2.23. The molecule has 2 aromatic heterocycles. The summed E-state index contributed by atoms with van der Waals surface area (Å²) in [7, 11) is 0. The van der Waals surface area contributed by atoms with Crippen LogP contribution in [0.25, 0.3) is 16.9 Å². The fourth-order valence-corrected chi connectivity index (χ4v) is 2.40. The summed E-state index contributed by atoms with van der Waals surface area (Å²) in [6.07, 6.45) is 1.94. The molecule has 0 saturated carbocycles. The number of aromatic nitrogens is 3. The van der Waals surface area contributed by atoms with E-state index in [9.17, 15) is 0 Å². The van der Waals surface area contributed by atoms with Crippen LogP contribution in [0.15, 0.2) is 36.4 Å². The van der Waals surface area contributed by atoms with Gasteiger partial charge < -0.3 is 5.43 Å². The van der Waals surface area contributed by atoms with Gasteiger partial charge in [0.15, 0.2) is 5.65 Å². The molecule has 0 aliphatic carbocycles. The molecule has 0 spiro atoms. The number of hydrogen-bond donors (Lipinski definition) is 2. The Morgan fingerprint density at radius 1 is 1.24 bits per heavy atom. The number of rotatable bonds is 4. The highest BCUT2D eigenvalue weighted by Gasteiger charge is 2.10. The molecule has 3 rings (SSSR count). The van der Waals surface area contributed by atoms with Gasteiger partial charge in [-0.05, 0) is 18.6 Å². The van der Waals surface area contributed by atoms with Crippen molar-refractivity contribution in [1.29, 1.82) is 0 Å². The Morgan fingerprint density at radius 2 is 2.00 bits per heavy atom. The maximum Gasteiger partial charge on any atom is 0.158 e. The molecule has 0 fully saturated rings. The number of nitrogens with one attached hydrogen (secondary N) is 1. The van der Waals surface area contributed by atoms with Gasteiger partial charge >= 0.3 is 0 Å². The van der Waals surface area contributed by atoms with Crippen molar-refractivity contribution >= 4 is 23.1 Å². The second-order valence-corrected chi connectivity index (χ2v) is 5.27. The van der Waals surface area contributed by atoms with Crippen LogP contribution in [-0.4, -0.2) is 14.6 Å². The van der Waals surface area contributed by atoms with E-state index in [4.69, 9.17) is 17.4 Å². The highest BCUT2D eigenvalue weighted by atomic mass is 35.5. The van der Waals surface area contributed by atoms with Crippen molar-refractivity contribution in [3.63, 3.8) is 0 Å². The van der Waals surface area contributed by atoms with Gasteiger partial charge in [0.2, 0.25) is 0 Å². The van der Waals surface area contributed by atoms with E-state index in [1.165, 1.54) is 0 Å². The molecule has 21 heavy (non-hydrogen) atoms. The number of anilines is 1. The summed E-state index contributed by atoms with van der Waals surface area (Å²) in [6.45, 7) is 2.12. The van der Waals surface area contributed by atoms with Crippen molar-refractivity contribution in [1.82, 2.24) is 14.6 Å². The van der Waals surface area contributed by atoms with Crippen molar-refractivity contribution < 1.29 is 0 Å². The Bertz CT molecular complexity index is 764. The van der Waals surface area contributed by atoms with E-state index >= 15 is 0 Å². The minimum absolute atomic E-state index is 0.704. The standard InChI is InChI=1S/C15H16ClN5/c1-2-3-12-8-15(19-17)21-14(18-12)9-13(20-21)10-4-6-11(16)7-5-10/h4-9,19H,2-3,17H2,1H3. The summed E-state index contributed by atoms with van der Waals surface area (Å²) in [5.74, 6) is 6.32. The third-order valence-electron chi connectivity index (χ3n) is 3.27. The number of benzene rings is 1. The van der Waals surface area contributed by atoms with E-state index in [-0.39, 0.29) is 0 Å². The van der Waals surface area contributed by atoms with Gasteiger partial charge in [-0.25, -0.2) is 10.8 Å². The fraction of sp³-hybridized carbons (Fsp3) is 0.200. The lowest BCUT2D eigenvalue weighted by molar-refractivity contribution is 0.859. The van der Waals surface area contributed by atoms with Crippen LogP contribution in [0.1, 0.15) is 19.0 Å². The summed E-state index contributed by atoms with van der Waals surface area (Å²) in [5, 5.41) is 5.26. The number of nitrogens with two attached hydrogens (primary N) is 1. The molecule has 5 nitrogen and oxygen atoms in total. The SMILES string of the molecule is CCCc1cc(NN)n2nc(-c3ccc(Cl)cc3)cc2n1. The molecule has 3 N–H and O–H groups in total. The molecule has 0 amide bonds. The first-order valence-electron chi connectivity index (χ1n) is 6.83. The first-order valence-corrected chi connectivity index (χ1v) is 7.21. The Kier molecular flexibility index (Phi) is 3.77. The monoisotopic (exact) mass is 301 g/mol.